The van der Waals surface area contributed by atoms with Crippen LogP contribution in [-0.2, 0) is 19.0 Å². The van der Waals surface area contributed by atoms with E-state index in [0.29, 0.717) is 4.90 Å². The lowest BCUT2D eigenvalue weighted by molar-refractivity contribution is -0.218. The molecule has 1 aliphatic rings. The van der Waals surface area contributed by atoms with Crippen LogP contribution in [0.25, 0.3) is 0 Å². The summed E-state index contributed by atoms with van der Waals surface area (Å²) in [6.45, 7) is 0.199. The number of rotatable bonds is 4. The second-order valence-electron chi connectivity index (χ2n) is 6.20. The minimum absolute atomic E-state index is 0.0413. The van der Waals surface area contributed by atoms with Crippen molar-refractivity contribution in [3.8, 4) is 0 Å². The van der Waals surface area contributed by atoms with Crippen LogP contribution in [0.4, 0.5) is 4.39 Å². The van der Waals surface area contributed by atoms with Crippen molar-refractivity contribution in [3.63, 3.8) is 0 Å². The van der Waals surface area contributed by atoms with Gasteiger partial charge in [-0.15, -0.1) is 0 Å². The fourth-order valence-corrected chi connectivity index (χ4v) is 4.59. The number of methoxy groups -OCH3 is 1. The van der Waals surface area contributed by atoms with Crippen LogP contribution in [0.1, 0.15) is 11.9 Å². The molecule has 2 aromatic rings. The summed E-state index contributed by atoms with van der Waals surface area (Å²) in [7, 11) is 1.54. The largest absolute Gasteiger partial charge is 0.376 e. The summed E-state index contributed by atoms with van der Waals surface area (Å²) >= 11 is 13.0. The Morgan fingerprint density at radius 2 is 1.86 bits per heavy atom. The van der Waals surface area contributed by atoms with Gasteiger partial charge in [-0.25, -0.2) is 4.39 Å². The molecular formula is C19H21Cl2FN2O4S. The van der Waals surface area contributed by atoms with Crippen LogP contribution in [0.3, 0.4) is 0 Å². The molecular weight excluding hydrogens is 442 g/mol. The van der Waals surface area contributed by atoms with E-state index in [2.05, 4.69) is 5.48 Å². The maximum absolute atomic E-state index is 13.7. The molecule has 2 aromatic carbocycles. The number of nitrogens with one attached hydrogen (secondary N) is 1. The van der Waals surface area contributed by atoms with Gasteiger partial charge in [-0.3, -0.25) is 4.84 Å². The Morgan fingerprint density at radius 3 is 2.52 bits per heavy atom. The highest BCUT2D eigenvalue weighted by molar-refractivity contribution is 7.99. The summed E-state index contributed by atoms with van der Waals surface area (Å²) in [5, 5.41) is -0.151. The number of hydroxylamine groups is 1. The van der Waals surface area contributed by atoms with E-state index in [1.54, 1.807) is 0 Å². The molecule has 158 valence electrons. The maximum Gasteiger partial charge on any atom is 0.203 e. The molecule has 0 bridgehead atoms. The molecule has 0 radical (unpaired) electrons. The third-order valence-corrected chi connectivity index (χ3v) is 5.88. The summed E-state index contributed by atoms with van der Waals surface area (Å²) in [5.41, 5.74) is 9.34. The quantitative estimate of drug-likeness (QED) is 0.661. The second kappa shape index (κ2) is 10.9. The number of nitrogens with two attached hydrogens (primary N) is 1. The second-order valence-corrected chi connectivity index (χ2v) is 8.19. The third-order valence-electron chi connectivity index (χ3n) is 4.18. The van der Waals surface area contributed by atoms with E-state index < -0.39 is 29.7 Å². The van der Waals surface area contributed by atoms with Crippen molar-refractivity contribution in [1.82, 2.24) is 5.48 Å². The van der Waals surface area contributed by atoms with Gasteiger partial charge >= 0.3 is 0 Å². The first-order valence-corrected chi connectivity index (χ1v) is 10.4. The Bertz CT molecular complexity index is 782. The number of ether oxygens (including phenoxy) is 3. The Kier molecular flexibility index (Phi) is 8.55. The highest BCUT2D eigenvalue weighted by atomic mass is 35.5. The molecule has 29 heavy (non-hydrogen) atoms. The van der Waals surface area contributed by atoms with Crippen molar-refractivity contribution in [1.29, 1.82) is 0 Å². The van der Waals surface area contributed by atoms with E-state index in [0.717, 1.165) is 5.56 Å². The molecule has 1 heterocycles. The lowest BCUT2D eigenvalue weighted by Crippen LogP contribution is -2.48. The maximum atomic E-state index is 13.7. The van der Waals surface area contributed by atoms with E-state index in [1.807, 2.05) is 30.3 Å². The Morgan fingerprint density at radius 1 is 1.17 bits per heavy atom. The molecule has 0 spiro atoms. The first-order valence-electron chi connectivity index (χ1n) is 8.76. The lowest BCUT2D eigenvalue weighted by Gasteiger charge is -2.32. The Balaban J connectivity index is 1.73. The molecule has 0 aromatic heterocycles. The van der Waals surface area contributed by atoms with Gasteiger partial charge in [0.15, 0.2) is 5.82 Å². The number of hydrogen-bond donors (Lipinski definition) is 2. The lowest BCUT2D eigenvalue weighted by atomic mass is 10.2. The molecule has 1 aliphatic heterocycles. The van der Waals surface area contributed by atoms with E-state index in [-0.39, 0.29) is 23.4 Å². The monoisotopic (exact) mass is 462 g/mol. The van der Waals surface area contributed by atoms with E-state index in [9.17, 15) is 4.39 Å². The van der Waals surface area contributed by atoms with Gasteiger partial charge in [0.25, 0.3) is 0 Å². The van der Waals surface area contributed by atoms with Crippen LogP contribution in [0.2, 0.25) is 10.0 Å². The van der Waals surface area contributed by atoms with Crippen molar-refractivity contribution >= 4 is 35.0 Å². The molecule has 0 saturated carbocycles. The molecule has 3 rings (SSSR count). The van der Waals surface area contributed by atoms with Crippen molar-refractivity contribution in [2.75, 3.05) is 20.4 Å². The van der Waals surface area contributed by atoms with Gasteiger partial charge in [-0.1, -0.05) is 65.3 Å². The fourth-order valence-electron chi connectivity index (χ4n) is 2.75. The summed E-state index contributed by atoms with van der Waals surface area (Å²) in [6, 6.07) is 11.9. The fraction of sp³-hybridized carbons (Fsp3) is 0.368. The summed E-state index contributed by atoms with van der Waals surface area (Å²) in [6.07, 6.45) is -1.18. The summed E-state index contributed by atoms with van der Waals surface area (Å²) in [4.78, 5) is 6.19. The van der Waals surface area contributed by atoms with E-state index in [1.165, 1.54) is 31.0 Å². The van der Waals surface area contributed by atoms with Crippen LogP contribution in [0.5, 0.6) is 0 Å². The van der Waals surface area contributed by atoms with E-state index in [4.69, 9.17) is 48.0 Å². The van der Waals surface area contributed by atoms with Gasteiger partial charge < -0.3 is 19.9 Å². The number of hydrogen-bond acceptors (Lipinski definition) is 7. The van der Waals surface area contributed by atoms with Gasteiger partial charge in [-0.05, 0) is 12.1 Å². The van der Waals surface area contributed by atoms with Crippen LogP contribution in [-0.4, -0.2) is 38.0 Å². The molecule has 10 heteroatoms. The average molecular weight is 463 g/mol. The van der Waals surface area contributed by atoms with Gasteiger partial charge in [0, 0.05) is 17.6 Å². The third kappa shape index (κ3) is 6.04. The topological polar surface area (TPSA) is 75.0 Å². The van der Waals surface area contributed by atoms with Crippen LogP contribution < -0.4 is 11.2 Å². The summed E-state index contributed by atoms with van der Waals surface area (Å²) < 4.78 is 31.0. The first-order chi connectivity index (χ1) is 14.0. The molecule has 4 atom stereocenters. The van der Waals surface area contributed by atoms with Crippen LogP contribution in [0.15, 0.2) is 47.4 Å². The predicted molar refractivity (Wildman–Crippen MR) is 110 cm³/mol. The molecule has 6 nitrogen and oxygen atoms in total. The van der Waals surface area contributed by atoms with Crippen LogP contribution >= 0.6 is 35.0 Å². The number of benzene rings is 2. The molecule has 1 saturated heterocycles. The van der Waals surface area contributed by atoms with Gasteiger partial charge in [0.05, 0.1) is 22.7 Å². The molecule has 3 N–H and O–H groups in total. The Labute approximate surface area is 182 Å². The zero-order chi connectivity index (χ0) is 20.8. The molecule has 1 fully saturated rings. The molecule has 0 amide bonds. The smallest absolute Gasteiger partial charge is 0.203 e. The predicted octanol–water partition coefficient (Wildman–Crippen LogP) is 4.12. The molecule has 4 unspecified atom stereocenters. The Hall–Kier alpha value is -0.940. The minimum atomic E-state index is -0.667. The van der Waals surface area contributed by atoms with Gasteiger partial charge in [0.2, 0.25) is 6.29 Å². The van der Waals surface area contributed by atoms with Crippen molar-refractivity contribution in [3.05, 3.63) is 63.9 Å². The zero-order valence-electron chi connectivity index (χ0n) is 15.5. The number of halogens is 3. The van der Waals surface area contributed by atoms with Crippen molar-refractivity contribution in [2.24, 2.45) is 5.73 Å². The van der Waals surface area contributed by atoms with E-state index >= 15 is 0 Å². The standard InChI is InChI=1S/C19H21Cl2FN2O4S/c1-25-17-15(23)9-26-18(11-5-3-2-4-6-11)28-24-10-27-19(17)29-12-7-13(20)16(22)14(21)8-12/h2-8,15,17-19,24H,9-10,23H2,1H3. The summed E-state index contributed by atoms with van der Waals surface area (Å²) in [5.74, 6) is -0.667. The normalized spacial score (nSPS) is 26.2. The van der Waals surface area contributed by atoms with Crippen LogP contribution in [0, 0.1) is 5.82 Å². The highest BCUT2D eigenvalue weighted by Gasteiger charge is 2.32. The van der Waals surface area contributed by atoms with Gasteiger partial charge in [-0.2, -0.15) is 5.48 Å². The number of thioether (sulfide) groups is 1. The highest BCUT2D eigenvalue weighted by Crippen LogP contribution is 2.34. The van der Waals surface area contributed by atoms with Crippen molar-refractivity contribution < 1.29 is 23.4 Å². The zero-order valence-corrected chi connectivity index (χ0v) is 17.8. The first kappa shape index (κ1) is 22.7. The minimum Gasteiger partial charge on any atom is -0.376 e. The SMILES string of the molecule is COC1C(N)COC(c2ccccc2)ONCOC1Sc1cc(Cl)c(F)c(Cl)c1. The molecule has 0 aliphatic carbocycles. The average Bonchev–Trinajstić information content (AvgIpc) is 2.72. The van der Waals surface area contributed by atoms with Gasteiger partial charge in [0.1, 0.15) is 18.3 Å². The van der Waals surface area contributed by atoms with Crippen molar-refractivity contribution in [2.45, 2.75) is 28.8 Å².